The van der Waals surface area contributed by atoms with Crippen molar-refractivity contribution in [3.05, 3.63) is 23.8 Å². The molecule has 1 heterocycles. The number of unbranched alkanes of at least 4 members (excludes halogenated alkanes) is 3. The smallest absolute Gasteiger partial charge is 0.233 e. The van der Waals surface area contributed by atoms with Gasteiger partial charge in [-0.25, -0.2) is 9.97 Å². The number of alkyl halides is 3. The third-order valence-corrected chi connectivity index (χ3v) is 7.19. The first-order chi connectivity index (χ1) is 13.5. The van der Waals surface area contributed by atoms with Crippen LogP contribution in [0.5, 0.6) is 0 Å². The van der Waals surface area contributed by atoms with Gasteiger partial charge in [0, 0.05) is 12.4 Å². The van der Waals surface area contributed by atoms with Gasteiger partial charge >= 0.3 is 6.18 Å². The second kappa shape index (κ2) is 10.1. The number of hydrogen-bond acceptors (Lipinski definition) is 2. The Morgan fingerprint density at radius 2 is 1.39 bits per heavy atom. The Labute approximate surface area is 167 Å². The van der Waals surface area contributed by atoms with Gasteiger partial charge in [-0.05, 0) is 67.8 Å². The summed E-state index contributed by atoms with van der Waals surface area (Å²) in [6.07, 6.45) is 15.4. The molecule has 0 aromatic carbocycles. The van der Waals surface area contributed by atoms with Gasteiger partial charge in [-0.3, -0.25) is 0 Å². The Kier molecular flexibility index (Phi) is 7.76. The molecule has 0 amide bonds. The van der Waals surface area contributed by atoms with Crippen LogP contribution in [0.3, 0.4) is 0 Å². The topological polar surface area (TPSA) is 25.8 Å². The van der Waals surface area contributed by atoms with Crippen LogP contribution in [0.4, 0.5) is 13.2 Å². The molecule has 0 spiro atoms. The summed E-state index contributed by atoms with van der Waals surface area (Å²) in [7, 11) is 0. The molecule has 0 unspecified atom stereocenters. The average Bonchev–Trinajstić information content (AvgIpc) is 2.71. The number of rotatable bonds is 7. The predicted molar refractivity (Wildman–Crippen MR) is 106 cm³/mol. The fourth-order valence-electron chi connectivity index (χ4n) is 5.43. The van der Waals surface area contributed by atoms with E-state index < -0.39 is 12.0 Å². The van der Waals surface area contributed by atoms with Gasteiger partial charge < -0.3 is 0 Å². The van der Waals surface area contributed by atoms with E-state index in [2.05, 4.69) is 16.9 Å². The van der Waals surface area contributed by atoms with Crippen LogP contribution >= 0.6 is 0 Å². The largest absolute Gasteiger partial charge is 0.451 e. The maximum absolute atomic E-state index is 12.6. The van der Waals surface area contributed by atoms with E-state index in [9.17, 15) is 13.2 Å². The summed E-state index contributed by atoms with van der Waals surface area (Å²) < 4.78 is 37.9. The molecule has 0 radical (unpaired) electrons. The minimum Gasteiger partial charge on any atom is -0.233 e. The molecular formula is C23H35F3N2. The molecule has 2 saturated carbocycles. The molecule has 0 atom stereocenters. The summed E-state index contributed by atoms with van der Waals surface area (Å²) in [4.78, 5) is 7.08. The van der Waals surface area contributed by atoms with Crippen LogP contribution in [0.2, 0.25) is 0 Å². The minimum absolute atomic E-state index is 0.327. The van der Waals surface area contributed by atoms with Crippen molar-refractivity contribution in [3.8, 4) is 0 Å². The first-order valence-corrected chi connectivity index (χ1v) is 11.4. The van der Waals surface area contributed by atoms with Gasteiger partial charge in [-0.2, -0.15) is 13.2 Å². The van der Waals surface area contributed by atoms with Crippen molar-refractivity contribution >= 4 is 0 Å². The van der Waals surface area contributed by atoms with Gasteiger partial charge in [0.1, 0.15) is 0 Å². The molecule has 158 valence electrons. The van der Waals surface area contributed by atoms with E-state index in [1.807, 2.05) is 0 Å². The number of halogens is 3. The minimum atomic E-state index is -4.45. The number of aromatic nitrogens is 2. The maximum atomic E-state index is 12.6. The first kappa shape index (κ1) is 21.6. The van der Waals surface area contributed by atoms with Crippen LogP contribution in [0, 0.1) is 17.8 Å². The molecule has 2 nitrogen and oxygen atoms in total. The van der Waals surface area contributed by atoms with Crippen LogP contribution < -0.4 is 0 Å². The highest BCUT2D eigenvalue weighted by Gasteiger charge is 2.35. The molecule has 2 aliphatic rings. The van der Waals surface area contributed by atoms with Crippen molar-refractivity contribution in [1.29, 1.82) is 0 Å². The third kappa shape index (κ3) is 5.93. The molecule has 0 saturated heterocycles. The molecule has 0 bridgehead atoms. The molecule has 0 aliphatic heterocycles. The summed E-state index contributed by atoms with van der Waals surface area (Å²) >= 11 is 0. The highest BCUT2D eigenvalue weighted by molar-refractivity contribution is 5.13. The Hall–Kier alpha value is -1.13. The van der Waals surface area contributed by atoms with Crippen LogP contribution in [0.1, 0.15) is 108 Å². The fraction of sp³-hybridized carbons (Fsp3) is 0.826. The molecule has 0 N–H and O–H groups in total. The van der Waals surface area contributed by atoms with Gasteiger partial charge in [0.2, 0.25) is 5.82 Å². The highest BCUT2D eigenvalue weighted by atomic mass is 19.4. The van der Waals surface area contributed by atoms with E-state index in [0.29, 0.717) is 5.92 Å². The van der Waals surface area contributed by atoms with Gasteiger partial charge in [0.25, 0.3) is 0 Å². The first-order valence-electron chi connectivity index (χ1n) is 11.4. The molecule has 2 aliphatic carbocycles. The maximum Gasteiger partial charge on any atom is 0.451 e. The Morgan fingerprint density at radius 3 is 1.93 bits per heavy atom. The third-order valence-electron chi connectivity index (χ3n) is 7.19. The van der Waals surface area contributed by atoms with E-state index in [-0.39, 0.29) is 0 Å². The summed E-state index contributed by atoms with van der Waals surface area (Å²) in [5.41, 5.74) is 0.877. The van der Waals surface area contributed by atoms with Gasteiger partial charge in [0.15, 0.2) is 0 Å². The molecule has 3 rings (SSSR count). The summed E-state index contributed by atoms with van der Waals surface area (Å²) in [5.74, 6) is 1.93. The van der Waals surface area contributed by atoms with Crippen LogP contribution in [0.25, 0.3) is 0 Å². The quantitative estimate of drug-likeness (QED) is 0.445. The van der Waals surface area contributed by atoms with Gasteiger partial charge in [-0.1, -0.05) is 51.9 Å². The van der Waals surface area contributed by atoms with Crippen molar-refractivity contribution < 1.29 is 13.2 Å². The van der Waals surface area contributed by atoms with E-state index >= 15 is 0 Å². The van der Waals surface area contributed by atoms with Crippen molar-refractivity contribution in [2.75, 3.05) is 0 Å². The Bertz CT molecular complexity index is 569. The molecule has 5 heteroatoms. The zero-order valence-corrected chi connectivity index (χ0v) is 17.2. The van der Waals surface area contributed by atoms with Crippen molar-refractivity contribution in [3.63, 3.8) is 0 Å². The zero-order valence-electron chi connectivity index (χ0n) is 17.2. The second-order valence-electron chi connectivity index (χ2n) is 9.08. The predicted octanol–water partition coefficient (Wildman–Crippen LogP) is 7.55. The normalized spacial score (nSPS) is 29.0. The summed E-state index contributed by atoms with van der Waals surface area (Å²) in [6, 6.07) is 0. The van der Waals surface area contributed by atoms with E-state index in [1.165, 1.54) is 83.0 Å². The molecule has 1 aromatic heterocycles. The van der Waals surface area contributed by atoms with Crippen LogP contribution in [-0.2, 0) is 6.18 Å². The Balaban J connectivity index is 1.40. The van der Waals surface area contributed by atoms with Crippen LogP contribution in [-0.4, -0.2) is 9.97 Å². The van der Waals surface area contributed by atoms with Crippen molar-refractivity contribution in [2.24, 2.45) is 17.8 Å². The lowest BCUT2D eigenvalue weighted by molar-refractivity contribution is -0.145. The monoisotopic (exact) mass is 396 g/mol. The Morgan fingerprint density at radius 1 is 0.821 bits per heavy atom. The van der Waals surface area contributed by atoms with E-state index in [1.54, 1.807) is 0 Å². The standard InChI is InChI=1S/C23H35F3N2/c1-2-3-4-5-6-17-7-9-18(10-8-17)19-11-13-20(14-12-19)21-15-27-22(28-16-21)23(24,25)26/h15-20H,2-14H2,1H3/t17-,18-,19-,20-. The highest BCUT2D eigenvalue weighted by Crippen LogP contribution is 2.44. The molecular weight excluding hydrogens is 361 g/mol. The van der Waals surface area contributed by atoms with Gasteiger partial charge in [0.05, 0.1) is 0 Å². The lowest BCUT2D eigenvalue weighted by Gasteiger charge is -2.38. The molecule has 28 heavy (non-hydrogen) atoms. The SMILES string of the molecule is CCCCCC[C@H]1CC[C@H]([C@H]2CC[C@H](c3cnc(C(F)(F)F)nc3)CC2)CC1. The average molecular weight is 397 g/mol. The van der Waals surface area contributed by atoms with Gasteiger partial charge in [-0.15, -0.1) is 0 Å². The summed E-state index contributed by atoms with van der Waals surface area (Å²) in [5, 5.41) is 0. The molecule has 1 aromatic rings. The number of hydrogen-bond donors (Lipinski definition) is 0. The lowest BCUT2D eigenvalue weighted by atomic mass is 9.68. The second-order valence-corrected chi connectivity index (χ2v) is 9.08. The molecule has 2 fully saturated rings. The zero-order chi connectivity index (χ0) is 20.0. The van der Waals surface area contributed by atoms with E-state index in [4.69, 9.17) is 0 Å². The fourth-order valence-corrected chi connectivity index (χ4v) is 5.43. The van der Waals surface area contributed by atoms with Crippen molar-refractivity contribution in [1.82, 2.24) is 9.97 Å². The summed E-state index contributed by atoms with van der Waals surface area (Å²) in [6.45, 7) is 2.27. The lowest BCUT2D eigenvalue weighted by Crippen LogP contribution is -2.25. The number of nitrogens with zero attached hydrogens (tertiary/aromatic N) is 2. The van der Waals surface area contributed by atoms with Crippen LogP contribution in [0.15, 0.2) is 12.4 Å². The van der Waals surface area contributed by atoms with Crippen molar-refractivity contribution in [2.45, 2.75) is 102 Å². The van der Waals surface area contributed by atoms with E-state index in [0.717, 1.165) is 36.2 Å².